The fraction of sp³-hybridized carbons (Fsp3) is 0.959. The molecule has 1 saturated heterocycles. The zero-order chi connectivity index (χ0) is 45.3. The number of amides is 2. The summed E-state index contributed by atoms with van der Waals surface area (Å²) < 4.78 is 11.7. The van der Waals surface area contributed by atoms with Crippen LogP contribution in [-0.2, 0) is 19.1 Å². The second-order valence-corrected chi connectivity index (χ2v) is 18.8. The molecule has 0 aromatic heterocycles. The average molecular weight is 873 g/mol. The van der Waals surface area contributed by atoms with Gasteiger partial charge in [0.2, 0.25) is 11.8 Å². The van der Waals surface area contributed by atoms with Gasteiger partial charge in [0.25, 0.3) is 0 Å². The molecule has 12 nitrogen and oxygen atoms in total. The van der Waals surface area contributed by atoms with E-state index in [0.717, 1.165) is 38.5 Å². The van der Waals surface area contributed by atoms with Crippen molar-refractivity contribution in [3.63, 3.8) is 0 Å². The Morgan fingerprint density at radius 1 is 0.623 bits per heavy atom. The van der Waals surface area contributed by atoms with Gasteiger partial charge in [-0.1, -0.05) is 195 Å². The predicted molar refractivity (Wildman–Crippen MR) is 245 cm³/mol. The zero-order valence-electron chi connectivity index (χ0n) is 39.6. The number of carbonyl (C=O) groups is 2. The molecule has 0 saturated carbocycles. The first kappa shape index (κ1) is 57.6. The molecule has 4 unspecified atom stereocenters. The van der Waals surface area contributed by atoms with Crippen LogP contribution < -0.4 is 10.6 Å². The molecule has 0 aromatic carbocycles. The predicted octanol–water partition coefficient (Wildman–Crippen LogP) is 8.14. The zero-order valence-corrected chi connectivity index (χ0v) is 39.6. The molecule has 0 aliphatic carbocycles. The van der Waals surface area contributed by atoms with Crippen molar-refractivity contribution in [3.8, 4) is 0 Å². The Kier molecular flexibility index (Phi) is 34.9. The second kappa shape index (κ2) is 36.9. The Hall–Kier alpha value is -1.38. The van der Waals surface area contributed by atoms with Crippen LogP contribution in [0.25, 0.3) is 0 Å². The number of hydrogen-bond acceptors (Lipinski definition) is 10. The molecule has 1 aliphatic heterocycles. The van der Waals surface area contributed by atoms with Gasteiger partial charge in [0, 0.05) is 6.92 Å². The molecular weight excluding hydrogens is 777 g/mol. The van der Waals surface area contributed by atoms with E-state index in [2.05, 4.69) is 38.3 Å². The normalized spacial score (nSPS) is 21.9. The van der Waals surface area contributed by atoms with Gasteiger partial charge in [-0.25, -0.2) is 0 Å². The molecule has 0 aromatic rings. The van der Waals surface area contributed by atoms with E-state index in [1.807, 2.05) is 0 Å². The summed E-state index contributed by atoms with van der Waals surface area (Å²) in [6.45, 7) is 8.80. The number of nitrogens with one attached hydrogen (secondary N) is 2. The van der Waals surface area contributed by atoms with Crippen LogP contribution in [0.1, 0.15) is 221 Å². The maximum Gasteiger partial charge on any atom is 0.249 e. The molecule has 2 amide bonds. The van der Waals surface area contributed by atoms with Gasteiger partial charge in [0.05, 0.1) is 25.4 Å². The highest BCUT2D eigenvalue weighted by Gasteiger charge is 2.46. The lowest BCUT2D eigenvalue weighted by Gasteiger charge is -2.43. The van der Waals surface area contributed by atoms with E-state index in [4.69, 9.17) is 9.47 Å². The first-order valence-electron chi connectivity index (χ1n) is 25.2. The fourth-order valence-corrected chi connectivity index (χ4v) is 8.78. The van der Waals surface area contributed by atoms with Gasteiger partial charge in [-0.3, -0.25) is 9.59 Å². The topological polar surface area (TPSA) is 198 Å². The number of carbonyl (C=O) groups excluding carboxylic acids is 2. The van der Waals surface area contributed by atoms with Gasteiger partial charge >= 0.3 is 0 Å². The van der Waals surface area contributed by atoms with Gasteiger partial charge in [-0.05, 0) is 31.1 Å². The molecule has 61 heavy (non-hydrogen) atoms. The van der Waals surface area contributed by atoms with Crippen molar-refractivity contribution in [2.45, 2.75) is 276 Å². The van der Waals surface area contributed by atoms with Crippen LogP contribution >= 0.6 is 0 Å². The highest BCUT2D eigenvalue weighted by molar-refractivity contribution is 5.80. The Balaban J connectivity index is 2.74. The molecule has 10 atom stereocenters. The van der Waals surface area contributed by atoms with Crippen molar-refractivity contribution >= 4 is 11.8 Å². The summed E-state index contributed by atoms with van der Waals surface area (Å²) in [5.41, 5.74) is 0. The minimum absolute atomic E-state index is 0.249. The molecule has 0 bridgehead atoms. The van der Waals surface area contributed by atoms with Crippen LogP contribution in [0.3, 0.4) is 0 Å². The molecule has 1 aliphatic rings. The van der Waals surface area contributed by atoms with Gasteiger partial charge in [0.1, 0.15) is 36.6 Å². The van der Waals surface area contributed by atoms with Crippen molar-refractivity contribution in [1.82, 2.24) is 10.6 Å². The van der Waals surface area contributed by atoms with E-state index in [0.29, 0.717) is 19.3 Å². The Labute approximate surface area is 372 Å². The van der Waals surface area contributed by atoms with Crippen molar-refractivity contribution in [2.75, 3.05) is 13.2 Å². The molecule has 362 valence electrons. The third kappa shape index (κ3) is 26.9. The van der Waals surface area contributed by atoms with E-state index in [9.17, 15) is 40.2 Å². The van der Waals surface area contributed by atoms with Crippen LogP contribution in [0.5, 0.6) is 0 Å². The van der Waals surface area contributed by atoms with Gasteiger partial charge in [-0.15, -0.1) is 0 Å². The molecule has 1 heterocycles. The minimum Gasteiger partial charge on any atom is -0.394 e. The van der Waals surface area contributed by atoms with Crippen LogP contribution in [0, 0.1) is 11.8 Å². The third-order valence-electron chi connectivity index (χ3n) is 12.6. The standard InChI is InChI=1S/C49H96N2O10/c1-6-8-10-12-14-16-17-18-19-20-21-22-23-24-25-27-29-31-33-41(54)48(59)51-40(36-60-49-43(50-38(5)53)47(58)46(57)42(35-52)61-49)45(56)44(55)39(34-37(3)4)32-30-28-26-15-13-11-9-7-2/h37,39-47,49,52,54-58H,6-36H2,1-5H3,(H,50,53)(H,51,59)/t39?,40-,41+,42?,43?,44+,45-,46+,47?,49+/m0/s1. The summed E-state index contributed by atoms with van der Waals surface area (Å²) >= 11 is 0. The number of rotatable bonds is 40. The van der Waals surface area contributed by atoms with Crippen LogP contribution in [-0.4, -0.2) is 111 Å². The monoisotopic (exact) mass is 873 g/mol. The van der Waals surface area contributed by atoms with Crippen molar-refractivity contribution in [2.24, 2.45) is 11.8 Å². The smallest absolute Gasteiger partial charge is 0.249 e. The third-order valence-corrected chi connectivity index (χ3v) is 12.6. The lowest BCUT2D eigenvalue weighted by atomic mass is 9.83. The SMILES string of the molecule is CCCCCCCCCCCCCCCCCCCC[C@@H](O)C(=O)N[C@@H](CO[C@@H]1OC(CO)[C@@H](O)C(O)C1NC(C)=O)[C@H](O)[C@H](O)C(CCCCCCCCCC)CC(C)C. The minimum atomic E-state index is -1.54. The van der Waals surface area contributed by atoms with Gasteiger partial charge < -0.3 is 50.7 Å². The Bertz CT molecular complexity index is 1050. The summed E-state index contributed by atoms with van der Waals surface area (Å²) in [7, 11) is 0. The van der Waals surface area contributed by atoms with Crippen LogP contribution in [0.15, 0.2) is 0 Å². The van der Waals surface area contributed by atoms with Crippen molar-refractivity contribution in [1.29, 1.82) is 0 Å². The largest absolute Gasteiger partial charge is 0.394 e. The summed E-state index contributed by atoms with van der Waals surface area (Å²) in [5, 5.41) is 70.6. The number of aliphatic hydroxyl groups is 6. The molecular formula is C49H96N2O10. The number of aliphatic hydroxyl groups excluding tert-OH is 6. The highest BCUT2D eigenvalue weighted by atomic mass is 16.7. The lowest BCUT2D eigenvalue weighted by Crippen LogP contribution is -2.65. The Morgan fingerprint density at radius 2 is 1.05 bits per heavy atom. The molecule has 0 radical (unpaired) electrons. The van der Waals surface area contributed by atoms with Crippen molar-refractivity contribution in [3.05, 3.63) is 0 Å². The highest BCUT2D eigenvalue weighted by Crippen LogP contribution is 2.27. The Morgan fingerprint density at radius 3 is 1.46 bits per heavy atom. The van der Waals surface area contributed by atoms with Gasteiger partial charge in [0.15, 0.2) is 6.29 Å². The van der Waals surface area contributed by atoms with Gasteiger partial charge in [-0.2, -0.15) is 0 Å². The average Bonchev–Trinajstić information content (AvgIpc) is 3.23. The fourth-order valence-electron chi connectivity index (χ4n) is 8.78. The van der Waals surface area contributed by atoms with Crippen LogP contribution in [0.4, 0.5) is 0 Å². The lowest BCUT2D eigenvalue weighted by molar-refractivity contribution is -0.273. The summed E-state index contributed by atoms with van der Waals surface area (Å²) in [5.74, 6) is -1.22. The number of unbranched alkanes of at least 4 members (excludes halogenated alkanes) is 24. The second-order valence-electron chi connectivity index (χ2n) is 18.8. The molecule has 0 spiro atoms. The van der Waals surface area contributed by atoms with E-state index in [1.54, 1.807) is 0 Å². The summed E-state index contributed by atoms with van der Waals surface area (Å²) in [6.07, 6.45) is 23.6. The van der Waals surface area contributed by atoms with E-state index in [-0.39, 0.29) is 18.3 Å². The molecule has 8 N–H and O–H groups in total. The first-order chi connectivity index (χ1) is 29.4. The van der Waals surface area contributed by atoms with Crippen LogP contribution in [0.2, 0.25) is 0 Å². The van der Waals surface area contributed by atoms with Crippen molar-refractivity contribution < 1.29 is 49.7 Å². The number of ether oxygens (including phenoxy) is 2. The first-order valence-corrected chi connectivity index (χ1v) is 25.2. The van der Waals surface area contributed by atoms with E-state index in [1.165, 1.54) is 129 Å². The molecule has 12 heteroatoms. The quantitative estimate of drug-likeness (QED) is 0.0278. The van der Waals surface area contributed by atoms with E-state index >= 15 is 0 Å². The number of hydrogen-bond donors (Lipinski definition) is 8. The maximum atomic E-state index is 13.4. The molecule has 1 fully saturated rings. The van der Waals surface area contributed by atoms with E-state index < -0.39 is 80.0 Å². The summed E-state index contributed by atoms with van der Waals surface area (Å²) in [4.78, 5) is 25.4. The summed E-state index contributed by atoms with van der Waals surface area (Å²) in [6, 6.07) is -2.41. The maximum absolute atomic E-state index is 13.4. The molecule has 1 rings (SSSR count).